The normalized spacial score (nSPS) is 13.0. The largest absolute Gasteiger partial charge is 0.298 e. The van der Waals surface area contributed by atoms with E-state index in [1.54, 1.807) is 42.6 Å². The highest BCUT2D eigenvalue weighted by Gasteiger charge is 2.43. The number of carbonyl (C=O) groups is 1. The molecule has 0 radical (unpaired) electrons. The molecule has 0 amide bonds. The molecule has 2 aromatic carbocycles. The number of rotatable bonds is 4. The lowest BCUT2D eigenvalue weighted by atomic mass is 9.69. The Balaban J connectivity index is 2.32. The van der Waals surface area contributed by atoms with E-state index in [-0.39, 0.29) is 5.78 Å². The fraction of sp³-hybridized carbons (Fsp3) is 0.111. The molecule has 1 atom stereocenters. The van der Waals surface area contributed by atoms with Crippen molar-refractivity contribution in [1.29, 1.82) is 5.26 Å². The zero-order chi connectivity index (χ0) is 17.2. The minimum absolute atomic E-state index is 0.187. The monoisotopic (exact) mass is 320 g/mol. The van der Waals surface area contributed by atoms with Crippen molar-refractivity contribution in [3.63, 3.8) is 0 Å². The van der Waals surface area contributed by atoms with Crippen molar-refractivity contribution in [2.75, 3.05) is 0 Å². The molecule has 0 aliphatic rings. The Bertz CT molecular complexity index is 896. The number of hydrogen-bond donors (Lipinski definition) is 1. The number of hydrogen-bond acceptors (Lipinski definition) is 4. The van der Waals surface area contributed by atoms with Crippen molar-refractivity contribution < 1.29 is 9.18 Å². The summed E-state index contributed by atoms with van der Waals surface area (Å²) >= 11 is 0. The number of nitriles is 1. The van der Waals surface area contributed by atoms with Gasteiger partial charge in [-0.25, -0.2) is 4.39 Å². The molecule has 0 aliphatic carbocycles. The molecule has 118 valence electrons. The molecule has 1 aromatic heterocycles. The summed E-state index contributed by atoms with van der Waals surface area (Å²) in [7, 11) is 0. The van der Waals surface area contributed by atoms with Crippen molar-refractivity contribution in [3.05, 3.63) is 82.9 Å². The lowest BCUT2D eigenvalue weighted by Gasteiger charge is -2.30. The van der Waals surface area contributed by atoms with Crippen LogP contribution in [0.2, 0.25) is 0 Å². The number of benzene rings is 2. The van der Waals surface area contributed by atoms with Crippen LogP contribution in [0.1, 0.15) is 29.3 Å². The summed E-state index contributed by atoms with van der Waals surface area (Å²) in [5, 5.41) is 19.4. The maximum absolute atomic E-state index is 13.4. The zero-order valence-electron chi connectivity index (χ0n) is 12.8. The average molecular weight is 320 g/mol. The second-order valence-electron chi connectivity index (χ2n) is 5.36. The molecule has 1 heterocycles. The van der Waals surface area contributed by atoms with Crippen molar-refractivity contribution in [2.45, 2.75) is 12.3 Å². The van der Waals surface area contributed by atoms with Gasteiger partial charge < -0.3 is 0 Å². The highest BCUT2D eigenvalue weighted by Crippen LogP contribution is 2.39. The van der Waals surface area contributed by atoms with Crippen LogP contribution in [0.15, 0.2) is 54.7 Å². The third kappa shape index (κ3) is 2.36. The molecule has 5 nitrogen and oxygen atoms in total. The third-order valence-corrected chi connectivity index (χ3v) is 4.05. The van der Waals surface area contributed by atoms with Crippen molar-refractivity contribution in [1.82, 2.24) is 15.4 Å². The smallest absolute Gasteiger partial charge is 0.150 e. The van der Waals surface area contributed by atoms with Crippen LogP contribution >= 0.6 is 0 Å². The Hall–Kier alpha value is -3.33. The fourth-order valence-electron chi connectivity index (χ4n) is 2.93. The maximum atomic E-state index is 13.4. The van der Waals surface area contributed by atoms with Crippen LogP contribution in [-0.4, -0.2) is 21.2 Å². The Kier molecular flexibility index (Phi) is 3.92. The van der Waals surface area contributed by atoms with Gasteiger partial charge in [0, 0.05) is 6.20 Å². The molecule has 0 aliphatic heterocycles. The molecule has 1 N–H and O–H groups in total. The molecule has 3 rings (SSSR count). The van der Waals surface area contributed by atoms with Gasteiger partial charge in [0.25, 0.3) is 0 Å². The van der Waals surface area contributed by atoms with Gasteiger partial charge in [0.1, 0.15) is 16.9 Å². The molecule has 0 spiro atoms. The lowest BCUT2D eigenvalue weighted by Crippen LogP contribution is -2.37. The molecule has 0 saturated carbocycles. The SMILES string of the molecule is CC(=O)C(c1ccc(F)cc1)(c1ccc(C#N)cc1)c1c[nH]nn1. The Morgan fingerprint density at radius 3 is 2.17 bits per heavy atom. The van der Waals surface area contributed by atoms with E-state index in [1.807, 2.05) is 6.07 Å². The molecule has 6 heteroatoms. The number of nitrogens with zero attached hydrogens (tertiary/aromatic N) is 3. The minimum atomic E-state index is -1.23. The van der Waals surface area contributed by atoms with E-state index < -0.39 is 11.2 Å². The Labute approximate surface area is 137 Å². The lowest BCUT2D eigenvalue weighted by molar-refractivity contribution is -0.120. The highest BCUT2D eigenvalue weighted by molar-refractivity contribution is 5.95. The van der Waals surface area contributed by atoms with Crippen LogP contribution in [0.3, 0.4) is 0 Å². The van der Waals surface area contributed by atoms with E-state index in [0.717, 1.165) is 0 Å². The average Bonchev–Trinajstić information content (AvgIpc) is 3.12. The van der Waals surface area contributed by atoms with Gasteiger partial charge >= 0.3 is 0 Å². The molecule has 0 saturated heterocycles. The summed E-state index contributed by atoms with van der Waals surface area (Å²) in [5.41, 5.74) is 0.876. The van der Waals surface area contributed by atoms with Gasteiger partial charge in [-0.05, 0) is 42.3 Å². The van der Waals surface area contributed by atoms with E-state index in [1.165, 1.54) is 19.1 Å². The Morgan fingerprint density at radius 2 is 1.71 bits per heavy atom. The van der Waals surface area contributed by atoms with Gasteiger partial charge in [0.2, 0.25) is 0 Å². The molecular weight excluding hydrogens is 307 g/mol. The van der Waals surface area contributed by atoms with Crippen molar-refractivity contribution in [3.8, 4) is 6.07 Å². The topological polar surface area (TPSA) is 82.4 Å². The number of aromatic amines is 1. The van der Waals surface area contributed by atoms with Crippen LogP contribution in [0, 0.1) is 17.1 Å². The number of H-pyrrole nitrogens is 1. The van der Waals surface area contributed by atoms with E-state index in [0.29, 0.717) is 22.4 Å². The molecule has 1 unspecified atom stereocenters. The summed E-state index contributed by atoms with van der Waals surface area (Å²) < 4.78 is 13.4. The predicted molar refractivity (Wildman–Crippen MR) is 84.5 cm³/mol. The van der Waals surface area contributed by atoms with Crippen molar-refractivity contribution >= 4 is 5.78 Å². The zero-order valence-corrected chi connectivity index (χ0v) is 12.8. The predicted octanol–water partition coefficient (Wildman–Crippen LogP) is 2.74. The van der Waals surface area contributed by atoms with Gasteiger partial charge in [-0.2, -0.15) is 5.26 Å². The number of Topliss-reactive ketones (excluding diaryl/α,β-unsaturated/α-hetero) is 1. The highest BCUT2D eigenvalue weighted by atomic mass is 19.1. The summed E-state index contributed by atoms with van der Waals surface area (Å²) in [6.45, 7) is 1.45. The molecule has 24 heavy (non-hydrogen) atoms. The standard InChI is InChI=1S/C18H13FN4O/c1-12(24)18(17-11-21-23-22-17,15-6-8-16(19)9-7-15)14-4-2-13(10-20)3-5-14/h2-9,11H,1H3,(H,21,22,23). The van der Waals surface area contributed by atoms with Crippen molar-refractivity contribution in [2.24, 2.45) is 0 Å². The fourth-order valence-corrected chi connectivity index (χ4v) is 2.93. The van der Waals surface area contributed by atoms with E-state index in [2.05, 4.69) is 15.4 Å². The first kappa shape index (κ1) is 15.6. The first-order valence-corrected chi connectivity index (χ1v) is 7.23. The third-order valence-electron chi connectivity index (χ3n) is 4.05. The van der Waals surface area contributed by atoms with Crippen LogP contribution in [-0.2, 0) is 10.2 Å². The van der Waals surface area contributed by atoms with Gasteiger partial charge in [-0.15, -0.1) is 5.10 Å². The quantitative estimate of drug-likeness (QED) is 0.801. The van der Waals surface area contributed by atoms with Crippen LogP contribution < -0.4 is 0 Å². The van der Waals surface area contributed by atoms with Crippen LogP contribution in [0.25, 0.3) is 0 Å². The number of nitrogens with one attached hydrogen (secondary N) is 1. The van der Waals surface area contributed by atoms with Gasteiger partial charge in [0.05, 0.1) is 11.6 Å². The first-order chi connectivity index (χ1) is 11.6. The molecular formula is C18H13FN4O. The Morgan fingerprint density at radius 1 is 1.12 bits per heavy atom. The second-order valence-corrected chi connectivity index (χ2v) is 5.36. The number of carbonyl (C=O) groups excluding carboxylic acids is 1. The second kappa shape index (κ2) is 6.05. The molecule has 0 bridgehead atoms. The summed E-state index contributed by atoms with van der Waals surface area (Å²) in [6, 6.07) is 14.5. The summed E-state index contributed by atoms with van der Waals surface area (Å²) in [4.78, 5) is 12.8. The first-order valence-electron chi connectivity index (χ1n) is 7.23. The molecule has 0 fully saturated rings. The molecule has 3 aromatic rings. The van der Waals surface area contributed by atoms with Crippen LogP contribution in [0.5, 0.6) is 0 Å². The number of halogens is 1. The van der Waals surface area contributed by atoms with Gasteiger partial charge in [-0.1, -0.05) is 29.5 Å². The maximum Gasteiger partial charge on any atom is 0.150 e. The van der Waals surface area contributed by atoms with Gasteiger partial charge in [0.15, 0.2) is 5.78 Å². The summed E-state index contributed by atoms with van der Waals surface area (Å²) in [5.74, 6) is -0.580. The number of ketones is 1. The van der Waals surface area contributed by atoms with E-state index in [9.17, 15) is 9.18 Å². The van der Waals surface area contributed by atoms with Crippen LogP contribution in [0.4, 0.5) is 4.39 Å². The van der Waals surface area contributed by atoms with E-state index in [4.69, 9.17) is 5.26 Å². The summed E-state index contributed by atoms with van der Waals surface area (Å²) in [6.07, 6.45) is 1.54. The number of aromatic nitrogens is 3. The van der Waals surface area contributed by atoms with Gasteiger partial charge in [-0.3, -0.25) is 9.89 Å². The minimum Gasteiger partial charge on any atom is -0.298 e. The van der Waals surface area contributed by atoms with E-state index >= 15 is 0 Å².